The topological polar surface area (TPSA) is 48.3 Å². The molecule has 2 aromatic rings. The first-order chi connectivity index (χ1) is 8.63. The maximum atomic E-state index is 11.7. The Hall–Kier alpha value is -1.88. The van der Waals surface area contributed by atoms with Crippen LogP contribution in [0.4, 0.5) is 0 Å². The third kappa shape index (κ3) is 2.36. The van der Waals surface area contributed by atoms with Gasteiger partial charge in [-0.05, 0) is 18.6 Å². The molecule has 0 amide bonds. The van der Waals surface area contributed by atoms with Crippen LogP contribution in [0.5, 0.6) is 0 Å². The number of carbonyl (C=O) groups excluding carboxylic acids is 1. The van der Waals surface area contributed by atoms with Crippen LogP contribution < -0.4 is 4.87 Å². The van der Waals surface area contributed by atoms with Gasteiger partial charge in [-0.15, -0.1) is 0 Å². The van der Waals surface area contributed by atoms with E-state index < -0.39 is 0 Å². The minimum absolute atomic E-state index is 0.0211. The number of aromatic nitrogens is 1. The Kier molecular flexibility index (Phi) is 3.62. The second-order valence-electron chi connectivity index (χ2n) is 3.88. The van der Waals surface area contributed by atoms with Crippen LogP contribution in [0.25, 0.3) is 0 Å². The van der Waals surface area contributed by atoms with Crippen molar-refractivity contribution in [3.05, 3.63) is 56.1 Å². The summed E-state index contributed by atoms with van der Waals surface area (Å²) >= 11 is 1.16. The number of aryl methyl sites for hydroxylation is 1. The van der Waals surface area contributed by atoms with Crippen molar-refractivity contribution in [1.29, 1.82) is 0 Å². The van der Waals surface area contributed by atoms with Crippen molar-refractivity contribution < 1.29 is 9.53 Å². The number of benzene rings is 1. The Morgan fingerprint density at radius 3 is 2.72 bits per heavy atom. The van der Waals surface area contributed by atoms with Crippen molar-refractivity contribution in [2.45, 2.75) is 13.5 Å². The zero-order valence-corrected chi connectivity index (χ0v) is 11.0. The summed E-state index contributed by atoms with van der Waals surface area (Å²) in [4.78, 5) is 23.3. The zero-order valence-electron chi connectivity index (χ0n) is 10.2. The standard InChI is InChI=1S/C13H13NO3S/c1-9-8-18-13(16)14(9)7-10-5-3-4-6-11(10)12(15)17-2/h3-6,8H,7H2,1-2H3. The Bertz CT molecular complexity index is 627. The third-order valence-electron chi connectivity index (χ3n) is 2.73. The number of esters is 1. The van der Waals surface area contributed by atoms with Crippen LogP contribution in [0.1, 0.15) is 21.6 Å². The predicted octanol–water partition coefficient (Wildman–Crippen LogP) is 2.05. The molecule has 0 radical (unpaired) electrons. The van der Waals surface area contributed by atoms with E-state index in [1.54, 1.807) is 16.7 Å². The lowest BCUT2D eigenvalue weighted by Crippen LogP contribution is -2.17. The molecule has 0 N–H and O–H groups in total. The monoisotopic (exact) mass is 263 g/mol. The van der Waals surface area contributed by atoms with Gasteiger partial charge in [-0.2, -0.15) is 0 Å². The van der Waals surface area contributed by atoms with E-state index in [0.29, 0.717) is 12.1 Å². The SMILES string of the molecule is COC(=O)c1ccccc1Cn1c(C)csc1=O. The highest BCUT2D eigenvalue weighted by atomic mass is 32.1. The molecule has 0 aliphatic heterocycles. The molecule has 0 fully saturated rings. The average Bonchev–Trinajstić information content (AvgIpc) is 2.70. The van der Waals surface area contributed by atoms with Gasteiger partial charge in [0.1, 0.15) is 0 Å². The second kappa shape index (κ2) is 5.18. The number of ether oxygens (including phenoxy) is 1. The van der Waals surface area contributed by atoms with Crippen LogP contribution in [0.2, 0.25) is 0 Å². The van der Waals surface area contributed by atoms with Crippen LogP contribution in [-0.4, -0.2) is 17.6 Å². The predicted molar refractivity (Wildman–Crippen MR) is 70.2 cm³/mol. The molecule has 94 valence electrons. The molecular weight excluding hydrogens is 250 g/mol. The van der Waals surface area contributed by atoms with Crippen molar-refractivity contribution in [2.24, 2.45) is 0 Å². The summed E-state index contributed by atoms with van der Waals surface area (Å²) in [5.41, 5.74) is 2.18. The fourth-order valence-electron chi connectivity index (χ4n) is 1.73. The van der Waals surface area contributed by atoms with E-state index in [-0.39, 0.29) is 10.8 Å². The zero-order chi connectivity index (χ0) is 13.1. The lowest BCUT2D eigenvalue weighted by molar-refractivity contribution is 0.0599. The normalized spacial score (nSPS) is 10.3. The lowest BCUT2D eigenvalue weighted by atomic mass is 10.1. The maximum Gasteiger partial charge on any atom is 0.338 e. The van der Waals surface area contributed by atoms with Crippen molar-refractivity contribution in [3.8, 4) is 0 Å². The molecule has 0 saturated carbocycles. The summed E-state index contributed by atoms with van der Waals surface area (Å²) in [6.07, 6.45) is 0. The molecule has 0 saturated heterocycles. The molecule has 0 unspecified atom stereocenters. The number of thiazole rings is 1. The molecule has 18 heavy (non-hydrogen) atoms. The Labute approximate surface area is 108 Å². The van der Waals surface area contributed by atoms with E-state index in [1.807, 2.05) is 24.4 Å². The summed E-state index contributed by atoms with van der Waals surface area (Å²) in [6.45, 7) is 2.26. The van der Waals surface area contributed by atoms with Crippen LogP contribution in [-0.2, 0) is 11.3 Å². The van der Waals surface area contributed by atoms with Crippen LogP contribution in [0.3, 0.4) is 0 Å². The Balaban J connectivity index is 2.41. The van der Waals surface area contributed by atoms with Gasteiger partial charge in [0.15, 0.2) is 0 Å². The molecule has 0 spiro atoms. The van der Waals surface area contributed by atoms with Gasteiger partial charge in [0.2, 0.25) is 0 Å². The van der Waals surface area contributed by atoms with E-state index in [9.17, 15) is 9.59 Å². The summed E-state index contributed by atoms with van der Waals surface area (Å²) in [6, 6.07) is 7.15. The molecular formula is C13H13NO3S. The van der Waals surface area contributed by atoms with E-state index in [0.717, 1.165) is 22.6 Å². The minimum Gasteiger partial charge on any atom is -0.465 e. The van der Waals surface area contributed by atoms with Crippen LogP contribution >= 0.6 is 11.3 Å². The van der Waals surface area contributed by atoms with Crippen LogP contribution in [0, 0.1) is 6.92 Å². The number of hydrogen-bond acceptors (Lipinski definition) is 4. The summed E-state index contributed by atoms with van der Waals surface area (Å²) < 4.78 is 6.38. The number of carbonyl (C=O) groups is 1. The Morgan fingerprint density at radius 1 is 1.39 bits per heavy atom. The number of rotatable bonds is 3. The quantitative estimate of drug-likeness (QED) is 0.796. The number of nitrogens with zero attached hydrogens (tertiary/aromatic N) is 1. The van der Waals surface area contributed by atoms with Gasteiger partial charge in [-0.25, -0.2) is 4.79 Å². The fourth-order valence-corrected chi connectivity index (χ4v) is 2.47. The first kappa shape index (κ1) is 12.6. The molecule has 0 bridgehead atoms. The van der Waals surface area contributed by atoms with Gasteiger partial charge in [0.25, 0.3) is 0 Å². The minimum atomic E-state index is -0.383. The maximum absolute atomic E-state index is 11.7. The molecule has 1 aromatic heterocycles. The highest BCUT2D eigenvalue weighted by Gasteiger charge is 2.12. The van der Waals surface area contributed by atoms with E-state index in [2.05, 4.69) is 0 Å². The summed E-state index contributed by atoms with van der Waals surface area (Å²) in [5, 5.41) is 1.81. The van der Waals surface area contributed by atoms with Gasteiger partial charge in [0.05, 0.1) is 19.2 Å². The van der Waals surface area contributed by atoms with Crippen molar-refractivity contribution >= 4 is 17.3 Å². The number of methoxy groups -OCH3 is 1. The number of hydrogen-bond donors (Lipinski definition) is 0. The van der Waals surface area contributed by atoms with Gasteiger partial charge < -0.3 is 4.74 Å². The van der Waals surface area contributed by atoms with Crippen LogP contribution in [0.15, 0.2) is 34.4 Å². The van der Waals surface area contributed by atoms with Gasteiger partial charge >= 0.3 is 10.8 Å². The fraction of sp³-hybridized carbons (Fsp3) is 0.231. The molecule has 1 heterocycles. The first-order valence-corrected chi connectivity index (χ1v) is 6.32. The van der Waals surface area contributed by atoms with E-state index >= 15 is 0 Å². The lowest BCUT2D eigenvalue weighted by Gasteiger charge is -2.09. The molecule has 1 aromatic carbocycles. The van der Waals surface area contributed by atoms with Crippen molar-refractivity contribution in [2.75, 3.05) is 7.11 Å². The second-order valence-corrected chi connectivity index (χ2v) is 4.70. The van der Waals surface area contributed by atoms with Gasteiger partial charge in [-0.3, -0.25) is 9.36 Å². The molecule has 0 atom stereocenters. The summed E-state index contributed by atoms with van der Waals surface area (Å²) in [7, 11) is 1.35. The first-order valence-electron chi connectivity index (χ1n) is 5.44. The molecule has 0 aliphatic rings. The van der Waals surface area contributed by atoms with Crippen molar-refractivity contribution in [3.63, 3.8) is 0 Å². The van der Waals surface area contributed by atoms with E-state index in [1.165, 1.54) is 7.11 Å². The van der Waals surface area contributed by atoms with Gasteiger partial charge in [0, 0.05) is 11.1 Å². The van der Waals surface area contributed by atoms with E-state index in [4.69, 9.17) is 4.74 Å². The average molecular weight is 263 g/mol. The molecule has 5 heteroatoms. The van der Waals surface area contributed by atoms with Crippen molar-refractivity contribution in [1.82, 2.24) is 4.57 Å². The summed E-state index contributed by atoms with van der Waals surface area (Å²) in [5.74, 6) is -0.383. The Morgan fingerprint density at radius 2 is 2.11 bits per heavy atom. The smallest absolute Gasteiger partial charge is 0.338 e. The molecule has 0 aliphatic carbocycles. The third-order valence-corrected chi connectivity index (χ3v) is 3.61. The highest BCUT2D eigenvalue weighted by Crippen LogP contribution is 2.13. The molecule has 4 nitrogen and oxygen atoms in total. The molecule has 2 rings (SSSR count). The highest BCUT2D eigenvalue weighted by molar-refractivity contribution is 7.07. The van der Waals surface area contributed by atoms with Gasteiger partial charge in [-0.1, -0.05) is 29.5 Å². The largest absolute Gasteiger partial charge is 0.465 e.